The number of hydrogen-bond donors (Lipinski definition) is 1. The fourth-order valence-corrected chi connectivity index (χ4v) is 2.74. The molecule has 2 amide bonds. The molecule has 5 nitrogen and oxygen atoms in total. The molecule has 1 heterocycles. The Kier molecular flexibility index (Phi) is 5.37. The van der Waals surface area contributed by atoms with Gasteiger partial charge in [0.2, 0.25) is 11.8 Å². The molecule has 22 heavy (non-hydrogen) atoms. The third-order valence-electron chi connectivity index (χ3n) is 3.86. The molecular formula is C15H19ClFN3O2. The molecule has 1 fully saturated rings. The van der Waals surface area contributed by atoms with Crippen molar-refractivity contribution >= 4 is 23.4 Å². The fourth-order valence-electron chi connectivity index (χ4n) is 2.58. The molecular weight excluding hydrogens is 309 g/mol. The van der Waals surface area contributed by atoms with Crippen molar-refractivity contribution in [1.82, 2.24) is 9.80 Å². The summed E-state index contributed by atoms with van der Waals surface area (Å²) in [5.41, 5.74) is 5.91. The average molecular weight is 328 g/mol. The maximum Gasteiger partial charge on any atom is 0.223 e. The summed E-state index contributed by atoms with van der Waals surface area (Å²) in [5.74, 6) is -1.38. The quantitative estimate of drug-likeness (QED) is 0.908. The summed E-state index contributed by atoms with van der Waals surface area (Å²) in [6.07, 6.45) is 0. The van der Waals surface area contributed by atoms with E-state index in [1.807, 2.05) is 4.90 Å². The Bertz CT molecular complexity index is 582. The molecule has 0 spiro atoms. The number of amides is 2. The number of benzene rings is 1. The predicted molar refractivity (Wildman–Crippen MR) is 81.6 cm³/mol. The van der Waals surface area contributed by atoms with Gasteiger partial charge in [-0.15, -0.1) is 0 Å². The summed E-state index contributed by atoms with van der Waals surface area (Å²) >= 11 is 5.75. The van der Waals surface area contributed by atoms with E-state index in [1.54, 1.807) is 17.0 Å². The minimum atomic E-state index is -0.457. The number of hydrogen-bond acceptors (Lipinski definition) is 3. The summed E-state index contributed by atoms with van der Waals surface area (Å²) in [6.45, 7) is 3.58. The molecule has 0 unspecified atom stereocenters. The van der Waals surface area contributed by atoms with Gasteiger partial charge in [-0.1, -0.05) is 17.7 Å². The number of halogens is 2. The van der Waals surface area contributed by atoms with Gasteiger partial charge in [-0.05, 0) is 12.1 Å². The number of rotatable bonds is 3. The Labute approximate surface area is 133 Å². The van der Waals surface area contributed by atoms with Gasteiger partial charge in [0.1, 0.15) is 5.82 Å². The van der Waals surface area contributed by atoms with E-state index in [0.29, 0.717) is 43.3 Å². The second-order valence-corrected chi connectivity index (χ2v) is 5.97. The second kappa shape index (κ2) is 7.07. The summed E-state index contributed by atoms with van der Waals surface area (Å²) in [4.78, 5) is 26.6. The molecule has 0 bridgehead atoms. The van der Waals surface area contributed by atoms with Gasteiger partial charge >= 0.3 is 0 Å². The fraction of sp³-hybridized carbons (Fsp3) is 0.467. The van der Waals surface area contributed by atoms with Crippen molar-refractivity contribution in [2.75, 3.05) is 26.2 Å². The van der Waals surface area contributed by atoms with Gasteiger partial charge in [-0.2, -0.15) is 0 Å². The molecule has 1 saturated heterocycles. The molecule has 0 saturated carbocycles. The lowest BCUT2D eigenvalue weighted by Crippen LogP contribution is -2.39. The largest absolute Gasteiger partial charge is 0.369 e. The van der Waals surface area contributed by atoms with Crippen molar-refractivity contribution in [3.05, 3.63) is 34.6 Å². The van der Waals surface area contributed by atoms with Crippen LogP contribution in [0.15, 0.2) is 18.2 Å². The van der Waals surface area contributed by atoms with Crippen LogP contribution in [0.2, 0.25) is 5.02 Å². The van der Waals surface area contributed by atoms with Crippen LogP contribution < -0.4 is 5.73 Å². The highest BCUT2D eigenvalue weighted by Gasteiger charge is 2.27. The van der Waals surface area contributed by atoms with E-state index in [4.69, 9.17) is 17.3 Å². The first kappa shape index (κ1) is 16.7. The van der Waals surface area contributed by atoms with Crippen molar-refractivity contribution < 1.29 is 14.0 Å². The predicted octanol–water partition coefficient (Wildman–Crippen LogP) is 1.24. The smallest absolute Gasteiger partial charge is 0.223 e. The Morgan fingerprint density at radius 1 is 1.36 bits per heavy atom. The van der Waals surface area contributed by atoms with Gasteiger partial charge < -0.3 is 10.6 Å². The van der Waals surface area contributed by atoms with Crippen molar-refractivity contribution in [1.29, 1.82) is 0 Å². The number of carbonyl (C=O) groups excluding carboxylic acids is 2. The van der Waals surface area contributed by atoms with Gasteiger partial charge in [0.25, 0.3) is 0 Å². The first-order valence-corrected chi connectivity index (χ1v) is 7.45. The molecule has 0 aromatic heterocycles. The SMILES string of the molecule is CC(=O)N1CCN(Cc2ccc(Cl)cc2F)C[C@H](C(N)=O)C1. The van der Waals surface area contributed by atoms with Crippen molar-refractivity contribution in [2.24, 2.45) is 11.7 Å². The molecule has 1 aromatic rings. The molecule has 120 valence electrons. The Morgan fingerprint density at radius 2 is 2.09 bits per heavy atom. The monoisotopic (exact) mass is 327 g/mol. The highest BCUT2D eigenvalue weighted by Crippen LogP contribution is 2.18. The Morgan fingerprint density at radius 3 is 2.68 bits per heavy atom. The Hall–Kier alpha value is -1.66. The van der Waals surface area contributed by atoms with Gasteiger partial charge in [0.15, 0.2) is 0 Å². The van der Waals surface area contributed by atoms with Crippen LogP contribution in [0.25, 0.3) is 0 Å². The zero-order chi connectivity index (χ0) is 16.3. The molecule has 1 aliphatic rings. The summed E-state index contributed by atoms with van der Waals surface area (Å²) < 4.78 is 13.9. The van der Waals surface area contributed by atoms with Gasteiger partial charge in [0, 0.05) is 50.2 Å². The normalized spacial score (nSPS) is 19.8. The molecule has 2 rings (SSSR count). The van der Waals surface area contributed by atoms with E-state index in [2.05, 4.69) is 0 Å². The third-order valence-corrected chi connectivity index (χ3v) is 4.10. The molecule has 7 heteroatoms. The van der Waals surface area contributed by atoms with Gasteiger partial charge in [-0.3, -0.25) is 14.5 Å². The first-order valence-electron chi connectivity index (χ1n) is 7.08. The van der Waals surface area contributed by atoms with Crippen LogP contribution in [-0.4, -0.2) is 47.8 Å². The standard InChI is InChI=1S/C15H19ClFN3O2/c1-10(21)20-5-4-19(8-12(9-20)15(18)22)7-11-2-3-13(16)6-14(11)17/h2-3,6,12H,4-5,7-9H2,1H3,(H2,18,22)/t12-/m0/s1. The van der Waals surface area contributed by atoms with E-state index in [-0.39, 0.29) is 11.7 Å². The summed E-state index contributed by atoms with van der Waals surface area (Å²) in [6, 6.07) is 4.53. The van der Waals surface area contributed by atoms with Crippen molar-refractivity contribution in [2.45, 2.75) is 13.5 Å². The third kappa shape index (κ3) is 4.18. The maximum absolute atomic E-state index is 13.9. The van der Waals surface area contributed by atoms with Crippen molar-refractivity contribution in [3.8, 4) is 0 Å². The first-order chi connectivity index (χ1) is 10.4. The van der Waals surface area contributed by atoms with Crippen LogP contribution in [-0.2, 0) is 16.1 Å². The molecule has 1 aliphatic heterocycles. The average Bonchev–Trinajstić information content (AvgIpc) is 2.65. The summed E-state index contributed by atoms with van der Waals surface area (Å²) in [5, 5.41) is 0.342. The van der Waals surface area contributed by atoms with E-state index < -0.39 is 11.8 Å². The number of primary amides is 1. The van der Waals surface area contributed by atoms with Crippen LogP contribution in [0.3, 0.4) is 0 Å². The molecule has 0 radical (unpaired) electrons. The van der Waals surface area contributed by atoms with Crippen molar-refractivity contribution in [3.63, 3.8) is 0 Å². The molecule has 1 atom stereocenters. The highest BCUT2D eigenvalue weighted by atomic mass is 35.5. The lowest BCUT2D eigenvalue weighted by Gasteiger charge is -2.22. The van der Waals surface area contributed by atoms with Crippen LogP contribution in [0.1, 0.15) is 12.5 Å². The van der Waals surface area contributed by atoms with E-state index in [0.717, 1.165) is 0 Å². The second-order valence-electron chi connectivity index (χ2n) is 5.54. The van der Waals surface area contributed by atoms with Gasteiger partial charge in [0.05, 0.1) is 5.92 Å². The number of nitrogens with zero attached hydrogens (tertiary/aromatic N) is 2. The summed E-state index contributed by atoms with van der Waals surface area (Å²) in [7, 11) is 0. The van der Waals surface area contributed by atoms with E-state index in [9.17, 15) is 14.0 Å². The number of nitrogens with two attached hydrogens (primary N) is 1. The zero-order valence-corrected chi connectivity index (χ0v) is 13.1. The lowest BCUT2D eigenvalue weighted by atomic mass is 10.1. The maximum atomic E-state index is 13.9. The van der Waals surface area contributed by atoms with Crippen LogP contribution >= 0.6 is 11.6 Å². The molecule has 2 N–H and O–H groups in total. The van der Waals surface area contributed by atoms with E-state index >= 15 is 0 Å². The van der Waals surface area contributed by atoms with Crippen LogP contribution in [0, 0.1) is 11.7 Å². The topological polar surface area (TPSA) is 66.6 Å². The molecule has 1 aromatic carbocycles. The van der Waals surface area contributed by atoms with Crippen LogP contribution in [0.5, 0.6) is 0 Å². The minimum absolute atomic E-state index is 0.0919. The lowest BCUT2D eigenvalue weighted by molar-refractivity contribution is -0.130. The number of carbonyl (C=O) groups is 2. The minimum Gasteiger partial charge on any atom is -0.369 e. The van der Waals surface area contributed by atoms with Gasteiger partial charge in [-0.25, -0.2) is 4.39 Å². The van der Waals surface area contributed by atoms with Crippen LogP contribution in [0.4, 0.5) is 4.39 Å². The molecule has 0 aliphatic carbocycles. The zero-order valence-electron chi connectivity index (χ0n) is 12.4. The van der Waals surface area contributed by atoms with E-state index in [1.165, 1.54) is 13.0 Å². The Balaban J connectivity index is 2.13. The highest BCUT2D eigenvalue weighted by molar-refractivity contribution is 6.30.